The van der Waals surface area contributed by atoms with Crippen LogP contribution in [0.5, 0.6) is 11.5 Å². The van der Waals surface area contributed by atoms with Crippen LogP contribution in [0.1, 0.15) is 62.6 Å². The molecule has 2 aliphatic heterocycles. The molecule has 0 amide bonds. The Bertz CT molecular complexity index is 831. The highest BCUT2D eigenvalue weighted by Crippen LogP contribution is 2.45. The van der Waals surface area contributed by atoms with Crippen molar-refractivity contribution in [2.75, 3.05) is 27.3 Å². The Morgan fingerprint density at radius 2 is 1.83 bits per heavy atom. The van der Waals surface area contributed by atoms with Crippen molar-refractivity contribution < 1.29 is 9.47 Å². The van der Waals surface area contributed by atoms with E-state index in [1.54, 1.807) is 14.2 Å². The number of unbranched alkanes of at least 4 members (excludes halogenated alkanes) is 3. The van der Waals surface area contributed by atoms with Crippen molar-refractivity contribution in [3.8, 4) is 23.6 Å². The minimum atomic E-state index is 0.192. The average molecular weight is 394 g/mol. The van der Waals surface area contributed by atoms with E-state index in [9.17, 15) is 10.5 Å². The molecule has 1 fully saturated rings. The minimum Gasteiger partial charge on any atom is -0.493 e. The molecule has 2 heterocycles. The number of ether oxygens (including phenoxy) is 2. The first-order valence-corrected chi connectivity index (χ1v) is 10.7. The maximum absolute atomic E-state index is 9.57. The Morgan fingerprint density at radius 3 is 2.48 bits per heavy atom. The SMILES string of the molecule is CCCCCCC1CN2CCc3cc(OC)c(OC)cc3C2CC1=C(C#N)C#N. The molecule has 154 valence electrons. The van der Waals surface area contributed by atoms with Gasteiger partial charge >= 0.3 is 0 Å². The van der Waals surface area contributed by atoms with Crippen molar-refractivity contribution >= 4 is 0 Å². The average Bonchev–Trinajstić information content (AvgIpc) is 2.76. The van der Waals surface area contributed by atoms with Gasteiger partial charge in [0.1, 0.15) is 17.7 Å². The van der Waals surface area contributed by atoms with E-state index >= 15 is 0 Å². The topological polar surface area (TPSA) is 69.3 Å². The van der Waals surface area contributed by atoms with Crippen LogP contribution in [0.15, 0.2) is 23.3 Å². The maximum Gasteiger partial charge on any atom is 0.161 e. The lowest BCUT2D eigenvalue weighted by molar-refractivity contribution is 0.127. The standard InChI is InChI=1S/C24H31N3O2/c1-4-5-6-7-8-18-16-27-10-9-17-11-23(28-2)24(29-3)13-21(17)22(27)12-20(18)19(14-25)15-26/h11,13,18,22H,4-10,12,16H2,1-3H3. The molecule has 5 heteroatoms. The van der Waals surface area contributed by atoms with Gasteiger partial charge in [-0.3, -0.25) is 4.90 Å². The van der Waals surface area contributed by atoms with Crippen molar-refractivity contribution in [2.45, 2.75) is 57.9 Å². The first kappa shape index (κ1) is 21.2. The van der Waals surface area contributed by atoms with Crippen molar-refractivity contribution in [1.29, 1.82) is 10.5 Å². The molecule has 29 heavy (non-hydrogen) atoms. The molecule has 0 aromatic heterocycles. The quantitative estimate of drug-likeness (QED) is 0.485. The van der Waals surface area contributed by atoms with Crippen LogP contribution in [-0.2, 0) is 6.42 Å². The Balaban J connectivity index is 1.92. The van der Waals surface area contributed by atoms with Crippen molar-refractivity contribution in [3.63, 3.8) is 0 Å². The zero-order chi connectivity index (χ0) is 20.8. The van der Waals surface area contributed by atoms with E-state index in [0.29, 0.717) is 11.5 Å². The molecule has 2 unspecified atom stereocenters. The molecule has 0 spiro atoms. The Hall–Kier alpha value is -2.50. The monoisotopic (exact) mass is 393 g/mol. The van der Waals surface area contributed by atoms with Crippen LogP contribution in [0.3, 0.4) is 0 Å². The summed E-state index contributed by atoms with van der Waals surface area (Å²) in [5.74, 6) is 1.80. The zero-order valence-electron chi connectivity index (χ0n) is 17.8. The van der Waals surface area contributed by atoms with Gasteiger partial charge in [-0.2, -0.15) is 10.5 Å². The molecule has 1 aromatic rings. The van der Waals surface area contributed by atoms with Crippen LogP contribution < -0.4 is 9.47 Å². The Labute approximate surface area is 174 Å². The summed E-state index contributed by atoms with van der Waals surface area (Å²) in [5.41, 5.74) is 3.89. The van der Waals surface area contributed by atoms with Gasteiger partial charge in [0.15, 0.2) is 11.5 Å². The van der Waals surface area contributed by atoms with Gasteiger partial charge in [0.2, 0.25) is 0 Å². The summed E-state index contributed by atoms with van der Waals surface area (Å²) >= 11 is 0. The summed E-state index contributed by atoms with van der Waals surface area (Å²) < 4.78 is 11.0. The molecular weight excluding hydrogens is 362 g/mol. The minimum absolute atomic E-state index is 0.192. The van der Waals surface area contributed by atoms with E-state index in [1.165, 1.54) is 30.4 Å². The van der Waals surface area contributed by atoms with Crippen LogP contribution in [0.4, 0.5) is 0 Å². The smallest absolute Gasteiger partial charge is 0.161 e. The normalized spacial score (nSPS) is 20.8. The number of hydrogen-bond acceptors (Lipinski definition) is 5. The van der Waals surface area contributed by atoms with Gasteiger partial charge in [-0.15, -0.1) is 0 Å². The van der Waals surface area contributed by atoms with Gasteiger partial charge in [-0.1, -0.05) is 32.6 Å². The number of allylic oxidation sites excluding steroid dienone is 1. The number of nitrogens with zero attached hydrogens (tertiary/aromatic N) is 3. The predicted molar refractivity (Wildman–Crippen MR) is 113 cm³/mol. The second kappa shape index (κ2) is 9.81. The van der Waals surface area contributed by atoms with Gasteiger partial charge in [0.25, 0.3) is 0 Å². The fourth-order valence-electron chi connectivity index (χ4n) is 4.86. The Kier molecular flexibility index (Phi) is 7.18. The van der Waals surface area contributed by atoms with Crippen molar-refractivity contribution in [1.82, 2.24) is 4.90 Å². The fourth-order valence-corrected chi connectivity index (χ4v) is 4.86. The molecule has 0 saturated carbocycles. The van der Waals surface area contributed by atoms with Crippen LogP contribution in [0, 0.1) is 28.6 Å². The summed E-state index contributed by atoms with van der Waals surface area (Å²) in [4.78, 5) is 2.54. The van der Waals surface area contributed by atoms with Gasteiger partial charge in [-0.25, -0.2) is 0 Å². The van der Waals surface area contributed by atoms with E-state index in [1.807, 2.05) is 0 Å². The first-order chi connectivity index (χ1) is 14.2. The molecule has 0 bridgehead atoms. The third-order valence-corrected chi connectivity index (χ3v) is 6.43. The summed E-state index contributed by atoms with van der Waals surface area (Å²) in [6.07, 6.45) is 7.63. The molecular formula is C24H31N3O2. The second-order valence-electron chi connectivity index (χ2n) is 8.04. The molecule has 2 aliphatic rings. The highest BCUT2D eigenvalue weighted by atomic mass is 16.5. The molecule has 1 saturated heterocycles. The van der Waals surface area contributed by atoms with Crippen LogP contribution in [0.25, 0.3) is 0 Å². The summed E-state index contributed by atoms with van der Waals surface area (Å²) in [6.45, 7) is 4.14. The summed E-state index contributed by atoms with van der Waals surface area (Å²) in [7, 11) is 3.32. The number of rotatable bonds is 7. The van der Waals surface area contributed by atoms with Gasteiger partial charge < -0.3 is 9.47 Å². The van der Waals surface area contributed by atoms with Crippen LogP contribution in [0.2, 0.25) is 0 Å². The van der Waals surface area contributed by atoms with Gasteiger partial charge in [0.05, 0.1) is 14.2 Å². The molecule has 0 radical (unpaired) electrons. The first-order valence-electron chi connectivity index (χ1n) is 10.7. The molecule has 2 atom stereocenters. The highest BCUT2D eigenvalue weighted by molar-refractivity contribution is 5.51. The molecule has 1 aromatic carbocycles. The third-order valence-electron chi connectivity index (χ3n) is 6.43. The number of hydrogen-bond donors (Lipinski definition) is 0. The van der Waals surface area contributed by atoms with Crippen LogP contribution >= 0.6 is 0 Å². The van der Waals surface area contributed by atoms with E-state index in [-0.39, 0.29) is 6.04 Å². The number of fused-ring (bicyclic) bond motifs is 3. The summed E-state index contributed by atoms with van der Waals surface area (Å²) in [6, 6.07) is 8.70. The zero-order valence-corrected chi connectivity index (χ0v) is 17.8. The second-order valence-corrected chi connectivity index (χ2v) is 8.04. The summed E-state index contributed by atoms with van der Waals surface area (Å²) in [5, 5.41) is 19.1. The van der Waals surface area contributed by atoms with E-state index in [2.05, 4.69) is 36.1 Å². The lowest BCUT2D eigenvalue weighted by atomic mass is 9.77. The third kappa shape index (κ3) is 4.41. The van der Waals surface area contributed by atoms with E-state index in [4.69, 9.17) is 9.47 Å². The number of benzene rings is 1. The van der Waals surface area contributed by atoms with Crippen LogP contribution in [-0.4, -0.2) is 32.2 Å². The van der Waals surface area contributed by atoms with Gasteiger partial charge in [-0.05, 0) is 54.0 Å². The van der Waals surface area contributed by atoms with E-state index in [0.717, 1.165) is 55.8 Å². The number of piperidine rings is 1. The molecule has 5 nitrogen and oxygen atoms in total. The fraction of sp³-hybridized carbons (Fsp3) is 0.583. The lowest BCUT2D eigenvalue weighted by Crippen LogP contribution is -2.43. The number of nitriles is 2. The Morgan fingerprint density at radius 1 is 1.10 bits per heavy atom. The number of methoxy groups -OCH3 is 2. The lowest BCUT2D eigenvalue weighted by Gasteiger charge is -2.45. The predicted octanol–water partition coefficient (Wildman–Crippen LogP) is 4.94. The molecule has 3 rings (SSSR count). The largest absolute Gasteiger partial charge is 0.493 e. The van der Waals surface area contributed by atoms with Crippen molar-refractivity contribution in [3.05, 3.63) is 34.4 Å². The van der Waals surface area contributed by atoms with Gasteiger partial charge in [0, 0.05) is 19.1 Å². The van der Waals surface area contributed by atoms with Crippen molar-refractivity contribution in [2.24, 2.45) is 5.92 Å². The maximum atomic E-state index is 9.57. The molecule has 0 aliphatic carbocycles. The van der Waals surface area contributed by atoms with E-state index < -0.39 is 0 Å². The highest BCUT2D eigenvalue weighted by Gasteiger charge is 2.37. The molecule has 0 N–H and O–H groups in total.